The molecule has 1 aliphatic heterocycles. The zero-order valence-corrected chi connectivity index (χ0v) is 12.9. The van der Waals surface area contributed by atoms with Gasteiger partial charge in [0.15, 0.2) is 0 Å². The van der Waals surface area contributed by atoms with Gasteiger partial charge in [-0.3, -0.25) is 4.68 Å². The van der Waals surface area contributed by atoms with Gasteiger partial charge in [-0.15, -0.1) is 0 Å². The van der Waals surface area contributed by atoms with E-state index in [0.29, 0.717) is 22.9 Å². The maximum Gasteiger partial charge on any atom is 0.146 e. The molecule has 23 heavy (non-hydrogen) atoms. The molecule has 0 bridgehead atoms. The highest BCUT2D eigenvalue weighted by atomic mass is 16.5. The summed E-state index contributed by atoms with van der Waals surface area (Å²) in [6.07, 6.45) is 5.34. The summed E-state index contributed by atoms with van der Waals surface area (Å²) in [5.74, 6) is 0.633. The Morgan fingerprint density at radius 3 is 2.83 bits per heavy atom. The third kappa shape index (κ3) is 1.99. The molecule has 1 saturated heterocycles. The largest absolute Gasteiger partial charge is 0.494 e. The molecule has 1 aliphatic rings. The van der Waals surface area contributed by atoms with Crippen LogP contribution >= 0.6 is 0 Å². The molecular formula is C16H16N6O. The average Bonchev–Trinajstić information content (AvgIpc) is 3.09. The van der Waals surface area contributed by atoms with Crippen LogP contribution in [0.25, 0.3) is 16.6 Å². The first-order valence-corrected chi connectivity index (χ1v) is 7.43. The van der Waals surface area contributed by atoms with E-state index in [0.717, 1.165) is 29.9 Å². The van der Waals surface area contributed by atoms with Gasteiger partial charge in [-0.2, -0.15) is 15.5 Å². The summed E-state index contributed by atoms with van der Waals surface area (Å²) in [7, 11) is 1.60. The van der Waals surface area contributed by atoms with Gasteiger partial charge in [0, 0.05) is 36.1 Å². The Morgan fingerprint density at radius 2 is 2.17 bits per heavy atom. The highest BCUT2D eigenvalue weighted by Crippen LogP contribution is 2.32. The highest BCUT2D eigenvalue weighted by molar-refractivity contribution is 5.75. The number of aromatic nitrogens is 4. The minimum absolute atomic E-state index is 0.421. The number of methoxy groups -OCH3 is 1. The zero-order chi connectivity index (χ0) is 16.0. The quantitative estimate of drug-likeness (QED) is 0.793. The topological polar surface area (TPSA) is 80.2 Å². The van der Waals surface area contributed by atoms with E-state index >= 15 is 0 Å². The van der Waals surface area contributed by atoms with Crippen molar-refractivity contribution in [2.24, 2.45) is 0 Å². The number of nitrogens with zero attached hydrogens (tertiary/aromatic N) is 5. The number of pyridine rings is 1. The third-order valence-electron chi connectivity index (χ3n) is 4.38. The lowest BCUT2D eigenvalue weighted by molar-refractivity contribution is 0.313. The van der Waals surface area contributed by atoms with Crippen molar-refractivity contribution < 1.29 is 4.74 Å². The first kappa shape index (κ1) is 13.8. The van der Waals surface area contributed by atoms with Crippen LogP contribution < -0.4 is 10.1 Å². The fourth-order valence-corrected chi connectivity index (χ4v) is 2.99. The molecule has 116 valence electrons. The molecular weight excluding hydrogens is 292 g/mol. The van der Waals surface area contributed by atoms with Gasteiger partial charge in [-0.25, -0.2) is 4.52 Å². The molecule has 3 aromatic rings. The van der Waals surface area contributed by atoms with E-state index in [1.807, 2.05) is 18.5 Å². The van der Waals surface area contributed by atoms with Crippen LogP contribution in [-0.4, -0.2) is 39.6 Å². The number of fused-ring (bicyclic) bond motifs is 1. The van der Waals surface area contributed by atoms with Gasteiger partial charge in [-0.1, -0.05) is 0 Å². The Kier molecular flexibility index (Phi) is 3.06. The first-order valence-electron chi connectivity index (χ1n) is 7.43. The number of nitriles is 1. The molecule has 0 saturated carbocycles. The van der Waals surface area contributed by atoms with Crippen molar-refractivity contribution in [3.63, 3.8) is 0 Å². The summed E-state index contributed by atoms with van der Waals surface area (Å²) in [5, 5.41) is 21.2. The van der Waals surface area contributed by atoms with Crippen molar-refractivity contribution in [1.82, 2.24) is 24.7 Å². The van der Waals surface area contributed by atoms with Gasteiger partial charge >= 0.3 is 0 Å². The summed E-state index contributed by atoms with van der Waals surface area (Å²) in [5.41, 5.74) is 4.32. The molecule has 0 radical (unpaired) electrons. The Morgan fingerprint density at radius 1 is 1.35 bits per heavy atom. The summed E-state index contributed by atoms with van der Waals surface area (Å²) >= 11 is 0. The van der Waals surface area contributed by atoms with Crippen molar-refractivity contribution in [3.8, 4) is 22.9 Å². The second-order valence-corrected chi connectivity index (χ2v) is 5.66. The summed E-state index contributed by atoms with van der Waals surface area (Å²) in [6.45, 7) is 3.98. The minimum atomic E-state index is 0.421. The lowest BCUT2D eigenvalue weighted by atomic mass is 10.1. The van der Waals surface area contributed by atoms with E-state index in [4.69, 9.17) is 4.74 Å². The molecule has 7 nitrogen and oxygen atoms in total. The highest BCUT2D eigenvalue weighted by Gasteiger charge is 2.23. The molecule has 0 spiro atoms. The Labute approximate surface area is 133 Å². The van der Waals surface area contributed by atoms with Crippen LogP contribution in [0.3, 0.4) is 0 Å². The van der Waals surface area contributed by atoms with E-state index in [-0.39, 0.29) is 0 Å². The number of hydrogen-bond donors (Lipinski definition) is 1. The Bertz CT molecular complexity index is 928. The van der Waals surface area contributed by atoms with Crippen molar-refractivity contribution in [2.45, 2.75) is 13.0 Å². The molecule has 7 heteroatoms. The van der Waals surface area contributed by atoms with Crippen molar-refractivity contribution in [3.05, 3.63) is 35.9 Å². The maximum atomic E-state index is 9.19. The van der Waals surface area contributed by atoms with Gasteiger partial charge in [0.1, 0.15) is 22.9 Å². The Hall–Kier alpha value is -2.85. The van der Waals surface area contributed by atoms with E-state index in [1.165, 1.54) is 0 Å². The third-order valence-corrected chi connectivity index (χ3v) is 4.38. The van der Waals surface area contributed by atoms with Crippen LogP contribution in [-0.2, 0) is 0 Å². The summed E-state index contributed by atoms with van der Waals surface area (Å²) in [6, 6.07) is 4.50. The summed E-state index contributed by atoms with van der Waals surface area (Å²) in [4.78, 5) is 0. The number of nitrogens with one attached hydrogen (secondary N) is 1. The fraction of sp³-hybridized carbons (Fsp3) is 0.312. The predicted molar refractivity (Wildman–Crippen MR) is 84.3 cm³/mol. The normalized spacial score (nSPS) is 14.7. The monoisotopic (exact) mass is 308 g/mol. The molecule has 1 N–H and O–H groups in total. The first-order chi connectivity index (χ1) is 11.2. The van der Waals surface area contributed by atoms with Crippen LogP contribution in [0.4, 0.5) is 0 Å². The van der Waals surface area contributed by atoms with Gasteiger partial charge in [0.25, 0.3) is 0 Å². The standard InChI is InChI=1S/C16H16N6O/c1-10-14(8-20-22(10)13-6-18-7-13)11-3-15(23-2)16-12(4-17)5-19-21(16)9-11/h3,5,8-9,13,18H,6-7H2,1-2H3. The van der Waals surface area contributed by atoms with Gasteiger partial charge in [-0.05, 0) is 13.0 Å². The van der Waals surface area contributed by atoms with E-state index in [2.05, 4.69) is 33.2 Å². The fourth-order valence-electron chi connectivity index (χ4n) is 2.99. The van der Waals surface area contributed by atoms with Crippen LogP contribution in [0.2, 0.25) is 0 Å². The number of rotatable bonds is 3. The molecule has 3 aromatic heterocycles. The van der Waals surface area contributed by atoms with Gasteiger partial charge in [0.05, 0.1) is 25.5 Å². The number of ether oxygens (including phenoxy) is 1. The molecule has 4 rings (SSSR count). The van der Waals surface area contributed by atoms with E-state index in [1.54, 1.807) is 17.8 Å². The average molecular weight is 308 g/mol. The Balaban J connectivity index is 1.86. The maximum absolute atomic E-state index is 9.19. The molecule has 0 aliphatic carbocycles. The lowest BCUT2D eigenvalue weighted by Crippen LogP contribution is -2.44. The molecule has 0 amide bonds. The molecule has 1 fully saturated rings. The smallest absolute Gasteiger partial charge is 0.146 e. The predicted octanol–water partition coefficient (Wildman–Crippen LogP) is 1.53. The number of hydrogen-bond acceptors (Lipinski definition) is 5. The van der Waals surface area contributed by atoms with Crippen LogP contribution in [0.15, 0.2) is 24.7 Å². The van der Waals surface area contributed by atoms with Crippen LogP contribution in [0.1, 0.15) is 17.3 Å². The van der Waals surface area contributed by atoms with Crippen LogP contribution in [0.5, 0.6) is 5.75 Å². The van der Waals surface area contributed by atoms with Crippen molar-refractivity contribution in [1.29, 1.82) is 5.26 Å². The van der Waals surface area contributed by atoms with E-state index in [9.17, 15) is 5.26 Å². The van der Waals surface area contributed by atoms with Crippen molar-refractivity contribution >= 4 is 5.52 Å². The lowest BCUT2D eigenvalue weighted by Gasteiger charge is -2.28. The SMILES string of the molecule is COc1cc(-c2cnn(C3CNC3)c2C)cn2ncc(C#N)c12. The second kappa shape index (κ2) is 5.11. The van der Waals surface area contributed by atoms with Crippen molar-refractivity contribution in [2.75, 3.05) is 20.2 Å². The zero-order valence-electron chi connectivity index (χ0n) is 12.9. The van der Waals surface area contributed by atoms with Crippen LogP contribution in [0, 0.1) is 18.3 Å². The summed E-state index contributed by atoms with van der Waals surface area (Å²) < 4.78 is 9.22. The molecule has 0 unspecified atom stereocenters. The van der Waals surface area contributed by atoms with E-state index < -0.39 is 0 Å². The second-order valence-electron chi connectivity index (χ2n) is 5.66. The van der Waals surface area contributed by atoms with Gasteiger partial charge in [0.2, 0.25) is 0 Å². The molecule has 0 aromatic carbocycles. The van der Waals surface area contributed by atoms with Gasteiger partial charge < -0.3 is 10.1 Å². The molecule has 0 atom stereocenters. The minimum Gasteiger partial charge on any atom is -0.494 e. The molecule has 4 heterocycles.